The Hall–Kier alpha value is -3.05. The number of nitrogens with one attached hydrogen (secondary N) is 2. The second-order valence-corrected chi connectivity index (χ2v) is 6.03. The highest BCUT2D eigenvalue weighted by Gasteiger charge is 2.11. The Morgan fingerprint density at radius 3 is 2.54 bits per heavy atom. The number of nitrogens with zero attached hydrogens (tertiary/aromatic N) is 1. The van der Waals surface area contributed by atoms with E-state index < -0.39 is 0 Å². The fraction of sp³-hybridized carbons (Fsp3) is 0.100. The maximum absolute atomic E-state index is 12.4. The van der Waals surface area contributed by atoms with Crippen molar-refractivity contribution in [3.63, 3.8) is 0 Å². The molecule has 0 aliphatic rings. The zero-order valence-electron chi connectivity index (χ0n) is 14.4. The van der Waals surface area contributed by atoms with Gasteiger partial charge in [0.1, 0.15) is 11.4 Å². The molecule has 0 aliphatic heterocycles. The van der Waals surface area contributed by atoms with Crippen molar-refractivity contribution in [3.8, 4) is 5.75 Å². The number of rotatable bonds is 5. The number of benzene rings is 2. The van der Waals surface area contributed by atoms with Gasteiger partial charge >= 0.3 is 0 Å². The zero-order valence-corrected chi connectivity index (χ0v) is 15.2. The molecule has 0 fully saturated rings. The van der Waals surface area contributed by atoms with E-state index in [2.05, 4.69) is 15.6 Å². The molecule has 0 spiro atoms. The molecule has 3 rings (SSSR count). The number of carbonyl (C=O) groups excluding carboxylic acids is 1. The summed E-state index contributed by atoms with van der Waals surface area (Å²) in [6.45, 7) is 1.94. The first-order valence-corrected chi connectivity index (χ1v) is 8.39. The summed E-state index contributed by atoms with van der Waals surface area (Å²) in [7, 11) is 1.56. The Balaban J connectivity index is 1.73. The molecule has 132 valence electrons. The van der Waals surface area contributed by atoms with Crippen LogP contribution in [-0.4, -0.2) is 18.0 Å². The van der Waals surface area contributed by atoms with Crippen LogP contribution in [0, 0.1) is 6.92 Å². The minimum Gasteiger partial charge on any atom is -0.495 e. The number of aromatic nitrogens is 1. The van der Waals surface area contributed by atoms with Gasteiger partial charge in [-0.3, -0.25) is 4.79 Å². The third-order valence-electron chi connectivity index (χ3n) is 3.90. The maximum Gasteiger partial charge on any atom is 0.274 e. The van der Waals surface area contributed by atoms with E-state index >= 15 is 0 Å². The van der Waals surface area contributed by atoms with Gasteiger partial charge in [-0.15, -0.1) is 0 Å². The molecule has 1 amide bonds. The van der Waals surface area contributed by atoms with Crippen molar-refractivity contribution in [1.82, 2.24) is 4.98 Å². The van der Waals surface area contributed by atoms with Gasteiger partial charge in [0.15, 0.2) is 0 Å². The zero-order chi connectivity index (χ0) is 18.5. The molecule has 3 aromatic rings. The molecule has 0 atom stereocenters. The molecule has 0 aliphatic carbocycles. The quantitative estimate of drug-likeness (QED) is 0.662. The molecule has 2 N–H and O–H groups in total. The van der Waals surface area contributed by atoms with Crippen LogP contribution in [0.4, 0.5) is 17.1 Å². The van der Waals surface area contributed by atoms with E-state index in [-0.39, 0.29) is 5.91 Å². The summed E-state index contributed by atoms with van der Waals surface area (Å²) in [5.41, 5.74) is 3.52. The Bertz CT molecular complexity index is 927. The summed E-state index contributed by atoms with van der Waals surface area (Å²) in [6.07, 6.45) is 1.61. The highest BCUT2D eigenvalue weighted by atomic mass is 35.5. The first-order valence-electron chi connectivity index (χ1n) is 8.01. The Morgan fingerprint density at radius 1 is 1.04 bits per heavy atom. The Kier molecular flexibility index (Phi) is 5.39. The summed E-state index contributed by atoms with van der Waals surface area (Å²) < 4.78 is 5.23. The number of amides is 1. The number of pyridine rings is 1. The first kappa shape index (κ1) is 17.8. The average molecular weight is 368 g/mol. The summed E-state index contributed by atoms with van der Waals surface area (Å²) in [5, 5.41) is 6.74. The van der Waals surface area contributed by atoms with Crippen molar-refractivity contribution >= 4 is 34.6 Å². The number of hydrogen-bond acceptors (Lipinski definition) is 4. The van der Waals surface area contributed by atoms with E-state index in [0.29, 0.717) is 22.2 Å². The van der Waals surface area contributed by atoms with Crippen LogP contribution in [0.5, 0.6) is 5.75 Å². The fourth-order valence-electron chi connectivity index (χ4n) is 2.43. The lowest BCUT2D eigenvalue weighted by Gasteiger charge is -2.11. The van der Waals surface area contributed by atoms with E-state index in [4.69, 9.17) is 16.3 Å². The number of anilines is 3. The fourth-order valence-corrected chi connectivity index (χ4v) is 2.61. The Labute approximate surface area is 157 Å². The minimum atomic E-state index is -0.306. The van der Waals surface area contributed by atoms with Crippen molar-refractivity contribution in [2.75, 3.05) is 17.7 Å². The van der Waals surface area contributed by atoms with E-state index in [1.54, 1.807) is 37.6 Å². The van der Waals surface area contributed by atoms with E-state index in [9.17, 15) is 4.79 Å². The van der Waals surface area contributed by atoms with Crippen molar-refractivity contribution in [2.24, 2.45) is 0 Å². The van der Waals surface area contributed by atoms with Gasteiger partial charge in [0.2, 0.25) is 0 Å². The molecular weight excluding hydrogens is 350 g/mol. The number of carbonyl (C=O) groups is 1. The maximum atomic E-state index is 12.4. The number of methoxy groups -OCH3 is 1. The van der Waals surface area contributed by atoms with Crippen LogP contribution >= 0.6 is 11.6 Å². The molecule has 26 heavy (non-hydrogen) atoms. The first-order chi connectivity index (χ1) is 12.6. The highest BCUT2D eigenvalue weighted by molar-refractivity contribution is 6.31. The number of ether oxygens (including phenoxy) is 1. The lowest BCUT2D eigenvalue weighted by atomic mass is 10.2. The van der Waals surface area contributed by atoms with Gasteiger partial charge < -0.3 is 15.4 Å². The monoisotopic (exact) mass is 367 g/mol. The standard InChI is InChI=1S/C20H18ClN3O2/c1-13-15(21)6-5-8-16(13)23-14-10-11-18(22-12-14)20(25)24-17-7-3-4-9-19(17)26-2/h3-12,23H,1-2H3,(H,24,25). The van der Waals surface area contributed by atoms with Gasteiger partial charge in [-0.1, -0.05) is 29.8 Å². The Morgan fingerprint density at radius 2 is 1.81 bits per heavy atom. The van der Waals surface area contributed by atoms with Crippen LogP contribution in [0.25, 0.3) is 0 Å². The molecule has 1 heterocycles. The van der Waals surface area contributed by atoms with Gasteiger partial charge in [0, 0.05) is 10.7 Å². The third kappa shape index (κ3) is 3.95. The molecule has 5 nitrogen and oxygen atoms in total. The number of para-hydroxylation sites is 2. The molecular formula is C20H18ClN3O2. The average Bonchev–Trinajstić information content (AvgIpc) is 2.66. The van der Waals surface area contributed by atoms with Crippen molar-refractivity contribution in [1.29, 1.82) is 0 Å². The second kappa shape index (κ2) is 7.89. The molecule has 0 bridgehead atoms. The third-order valence-corrected chi connectivity index (χ3v) is 4.31. The lowest BCUT2D eigenvalue weighted by molar-refractivity contribution is 0.102. The summed E-state index contributed by atoms with van der Waals surface area (Å²) in [5.74, 6) is 0.288. The van der Waals surface area contributed by atoms with Crippen LogP contribution in [0.3, 0.4) is 0 Å². The van der Waals surface area contributed by atoms with Crippen molar-refractivity contribution < 1.29 is 9.53 Å². The van der Waals surface area contributed by atoms with Gasteiger partial charge in [-0.05, 0) is 48.9 Å². The molecule has 0 saturated carbocycles. The highest BCUT2D eigenvalue weighted by Crippen LogP contribution is 2.26. The molecule has 0 unspecified atom stereocenters. The van der Waals surface area contributed by atoms with Crippen molar-refractivity contribution in [2.45, 2.75) is 6.92 Å². The minimum absolute atomic E-state index is 0.306. The van der Waals surface area contributed by atoms with Crippen LogP contribution in [0.15, 0.2) is 60.8 Å². The smallest absolute Gasteiger partial charge is 0.274 e. The second-order valence-electron chi connectivity index (χ2n) is 5.62. The van der Waals surface area contributed by atoms with E-state index in [1.165, 1.54) is 0 Å². The topological polar surface area (TPSA) is 63.2 Å². The van der Waals surface area contributed by atoms with Crippen molar-refractivity contribution in [3.05, 3.63) is 77.1 Å². The van der Waals surface area contributed by atoms with Gasteiger partial charge in [-0.2, -0.15) is 0 Å². The summed E-state index contributed by atoms with van der Waals surface area (Å²) in [4.78, 5) is 16.6. The largest absolute Gasteiger partial charge is 0.495 e. The summed E-state index contributed by atoms with van der Waals surface area (Å²) >= 11 is 6.13. The predicted molar refractivity (Wildman–Crippen MR) is 105 cm³/mol. The molecule has 6 heteroatoms. The lowest BCUT2D eigenvalue weighted by Crippen LogP contribution is -2.14. The molecule has 1 aromatic heterocycles. The van der Waals surface area contributed by atoms with Gasteiger partial charge in [0.05, 0.1) is 24.7 Å². The number of halogens is 1. The van der Waals surface area contributed by atoms with E-state index in [0.717, 1.165) is 16.9 Å². The predicted octanol–water partition coefficient (Wildman–Crippen LogP) is 5.05. The van der Waals surface area contributed by atoms with Crippen LogP contribution in [-0.2, 0) is 0 Å². The molecule has 2 aromatic carbocycles. The molecule has 0 saturated heterocycles. The molecule has 0 radical (unpaired) electrons. The van der Waals surface area contributed by atoms with Gasteiger partial charge in [-0.25, -0.2) is 4.98 Å². The number of hydrogen-bond donors (Lipinski definition) is 2. The van der Waals surface area contributed by atoms with E-state index in [1.807, 2.05) is 37.3 Å². The normalized spacial score (nSPS) is 10.3. The van der Waals surface area contributed by atoms with Crippen LogP contribution < -0.4 is 15.4 Å². The van der Waals surface area contributed by atoms with Crippen LogP contribution in [0.2, 0.25) is 5.02 Å². The van der Waals surface area contributed by atoms with Crippen LogP contribution in [0.1, 0.15) is 16.1 Å². The SMILES string of the molecule is COc1ccccc1NC(=O)c1ccc(Nc2cccc(Cl)c2C)cn1. The summed E-state index contributed by atoms with van der Waals surface area (Å²) in [6, 6.07) is 16.3. The van der Waals surface area contributed by atoms with Gasteiger partial charge in [0.25, 0.3) is 5.91 Å².